The van der Waals surface area contributed by atoms with Crippen LogP contribution in [0.15, 0.2) is 27.6 Å². The lowest BCUT2D eigenvalue weighted by Gasteiger charge is -2.22. The molecule has 3 N–H and O–H groups in total. The molecule has 1 aliphatic rings. The van der Waals surface area contributed by atoms with Gasteiger partial charge in [0, 0.05) is 18.4 Å². The van der Waals surface area contributed by atoms with Crippen molar-refractivity contribution in [2.75, 3.05) is 14.2 Å². The number of amides is 2. The first-order chi connectivity index (χ1) is 16.9. The monoisotopic (exact) mass is 508 g/mol. The Labute approximate surface area is 206 Å². The van der Waals surface area contributed by atoms with E-state index >= 15 is 0 Å². The largest absolute Gasteiger partial charge is 0.493 e. The highest BCUT2D eigenvalue weighted by atomic mass is 32.2. The molecule has 1 heterocycles. The molecule has 1 aromatic heterocycles. The van der Waals surface area contributed by atoms with Gasteiger partial charge >= 0.3 is 5.91 Å². The van der Waals surface area contributed by atoms with Crippen molar-refractivity contribution in [3.05, 3.63) is 29.9 Å². The normalized spacial score (nSPS) is 15.7. The fourth-order valence-corrected chi connectivity index (χ4v) is 5.11. The molecule has 0 spiro atoms. The topological polar surface area (TPSA) is 153 Å². The fourth-order valence-electron chi connectivity index (χ4n) is 4.32. The maximum atomic E-state index is 12.6. The Hall–Kier alpha value is -2.99. The number of rotatable bonds is 12. The minimum atomic E-state index is -1.91. The van der Waals surface area contributed by atoms with Crippen molar-refractivity contribution in [1.29, 1.82) is 0 Å². The third kappa shape index (κ3) is 7.49. The van der Waals surface area contributed by atoms with Crippen LogP contribution >= 0.6 is 0 Å². The molecule has 3 rings (SSSR count). The predicted octanol–water partition coefficient (Wildman–Crippen LogP) is 3.27. The number of aromatic nitrogens is 2. The summed E-state index contributed by atoms with van der Waals surface area (Å²) in [5.74, 6) is -0.471. The van der Waals surface area contributed by atoms with Crippen molar-refractivity contribution in [2.24, 2.45) is 5.92 Å². The third-order valence-corrected chi connectivity index (χ3v) is 7.25. The van der Waals surface area contributed by atoms with Crippen LogP contribution in [0.5, 0.6) is 11.5 Å². The van der Waals surface area contributed by atoms with Gasteiger partial charge in [-0.15, -0.1) is 0 Å². The van der Waals surface area contributed by atoms with Crippen LogP contribution in [-0.4, -0.2) is 45.6 Å². The van der Waals surface area contributed by atoms with E-state index in [1.807, 2.05) is 0 Å². The van der Waals surface area contributed by atoms with E-state index < -0.39 is 28.7 Å². The van der Waals surface area contributed by atoms with Crippen LogP contribution in [0.2, 0.25) is 0 Å². The summed E-state index contributed by atoms with van der Waals surface area (Å²) in [5.41, 5.74) is 1.63. The van der Waals surface area contributed by atoms with Crippen LogP contribution < -0.4 is 19.7 Å². The van der Waals surface area contributed by atoms with Crippen LogP contribution in [0.3, 0.4) is 0 Å². The smallest absolute Gasteiger partial charge is 0.304 e. The molecule has 0 aliphatic heterocycles. The molecule has 2 amide bonds. The molecular formula is C23H32N4O7S. The standard InChI is InChI=1S/C23H32N4O7S/c1-32-18-12-11-17(14-19(18)33-2)35(31)27-22(29)21-24-23(34-26-21)16(13-20(28)25-30)10-6-9-15-7-4-3-5-8-15/h11-12,14-16,30H,3-10,13H2,1-2H3,(H,25,28)(H,27,29). The average molecular weight is 509 g/mol. The SMILES string of the molecule is COc1ccc(S(=O)NC(=O)c2noc(C(CCCC3CCCCC3)CC(=O)NO)n2)cc1OC. The summed E-state index contributed by atoms with van der Waals surface area (Å²) in [6.07, 6.45) is 8.71. The van der Waals surface area contributed by atoms with Gasteiger partial charge in [-0.3, -0.25) is 19.5 Å². The third-order valence-electron chi connectivity index (χ3n) is 6.19. The molecule has 1 aliphatic carbocycles. The van der Waals surface area contributed by atoms with E-state index in [0.29, 0.717) is 28.7 Å². The molecule has 1 fully saturated rings. The number of nitrogens with one attached hydrogen (secondary N) is 2. The Kier molecular flexibility index (Phi) is 10.0. The maximum absolute atomic E-state index is 12.6. The van der Waals surface area contributed by atoms with Crippen LogP contribution in [0, 0.1) is 5.92 Å². The quantitative estimate of drug-likeness (QED) is 0.289. The van der Waals surface area contributed by atoms with Crippen molar-refractivity contribution in [1.82, 2.24) is 20.3 Å². The highest BCUT2D eigenvalue weighted by Gasteiger charge is 2.26. The summed E-state index contributed by atoms with van der Waals surface area (Å²) in [4.78, 5) is 28.8. The average Bonchev–Trinajstić information content (AvgIpc) is 3.38. The second-order valence-corrected chi connectivity index (χ2v) is 9.76. The number of ether oxygens (including phenoxy) is 2. The number of carbonyl (C=O) groups excluding carboxylic acids is 2. The minimum Gasteiger partial charge on any atom is -0.493 e. The van der Waals surface area contributed by atoms with Gasteiger partial charge in [0.2, 0.25) is 11.8 Å². The molecule has 1 saturated carbocycles. The first kappa shape index (κ1) is 26.6. The lowest BCUT2D eigenvalue weighted by molar-refractivity contribution is -0.129. The lowest BCUT2D eigenvalue weighted by atomic mass is 9.84. The van der Waals surface area contributed by atoms with Crippen molar-refractivity contribution in [3.8, 4) is 11.5 Å². The van der Waals surface area contributed by atoms with E-state index in [0.717, 1.165) is 12.8 Å². The molecule has 2 unspecified atom stereocenters. The molecule has 11 nitrogen and oxygen atoms in total. The van der Waals surface area contributed by atoms with Gasteiger partial charge in [0.15, 0.2) is 22.5 Å². The molecule has 35 heavy (non-hydrogen) atoms. The zero-order valence-corrected chi connectivity index (χ0v) is 20.8. The highest BCUT2D eigenvalue weighted by Crippen LogP contribution is 2.31. The van der Waals surface area contributed by atoms with E-state index in [2.05, 4.69) is 14.9 Å². The fraction of sp³-hybridized carbons (Fsp3) is 0.565. The predicted molar refractivity (Wildman–Crippen MR) is 125 cm³/mol. The van der Waals surface area contributed by atoms with E-state index in [9.17, 15) is 13.8 Å². The molecule has 0 saturated heterocycles. The number of methoxy groups -OCH3 is 2. The van der Waals surface area contributed by atoms with Crippen LogP contribution in [-0.2, 0) is 15.8 Å². The van der Waals surface area contributed by atoms with Gasteiger partial charge in [-0.2, -0.15) is 4.98 Å². The molecule has 0 radical (unpaired) electrons. The summed E-state index contributed by atoms with van der Waals surface area (Å²) < 4.78 is 30.6. The Balaban J connectivity index is 1.63. The van der Waals surface area contributed by atoms with E-state index in [1.165, 1.54) is 58.5 Å². The second-order valence-electron chi connectivity index (χ2n) is 8.54. The first-order valence-electron chi connectivity index (χ1n) is 11.7. The van der Waals surface area contributed by atoms with Crippen molar-refractivity contribution < 1.29 is 33.0 Å². The summed E-state index contributed by atoms with van der Waals surface area (Å²) in [7, 11) is 1.02. The molecule has 1 aromatic carbocycles. The summed E-state index contributed by atoms with van der Waals surface area (Å²) >= 11 is 0. The molecular weight excluding hydrogens is 476 g/mol. The molecule has 0 bridgehead atoms. The number of hydrogen-bond acceptors (Lipinski definition) is 9. The first-order valence-corrected chi connectivity index (χ1v) is 12.8. The Bertz CT molecular complexity index is 1020. The lowest BCUT2D eigenvalue weighted by Crippen LogP contribution is -2.27. The molecule has 2 atom stereocenters. The number of carbonyl (C=O) groups is 2. The molecule has 2 aromatic rings. The number of hydroxylamine groups is 1. The van der Waals surface area contributed by atoms with Gasteiger partial charge in [0.25, 0.3) is 5.82 Å². The Morgan fingerprint density at radius 1 is 1.20 bits per heavy atom. The molecule has 12 heteroatoms. The maximum Gasteiger partial charge on any atom is 0.304 e. The second kappa shape index (κ2) is 13.2. The van der Waals surface area contributed by atoms with Crippen molar-refractivity contribution >= 4 is 22.8 Å². The van der Waals surface area contributed by atoms with Crippen LogP contribution in [0.25, 0.3) is 0 Å². The number of nitrogens with zero attached hydrogens (tertiary/aromatic N) is 2. The number of benzene rings is 1. The summed E-state index contributed by atoms with van der Waals surface area (Å²) in [6.45, 7) is 0. The van der Waals surface area contributed by atoms with Gasteiger partial charge in [-0.25, -0.2) is 9.69 Å². The van der Waals surface area contributed by atoms with Gasteiger partial charge in [-0.05, 0) is 24.5 Å². The number of hydrogen-bond donors (Lipinski definition) is 3. The van der Waals surface area contributed by atoms with E-state index in [4.69, 9.17) is 19.2 Å². The zero-order valence-electron chi connectivity index (χ0n) is 20.0. The zero-order chi connectivity index (χ0) is 25.2. The van der Waals surface area contributed by atoms with Gasteiger partial charge in [0.1, 0.15) is 0 Å². The van der Waals surface area contributed by atoms with Crippen molar-refractivity contribution in [3.63, 3.8) is 0 Å². The van der Waals surface area contributed by atoms with Gasteiger partial charge < -0.3 is 14.0 Å². The van der Waals surface area contributed by atoms with E-state index in [-0.39, 0.29) is 18.1 Å². The van der Waals surface area contributed by atoms with Crippen LogP contribution in [0.4, 0.5) is 0 Å². The Morgan fingerprint density at radius 3 is 2.63 bits per heavy atom. The summed E-state index contributed by atoms with van der Waals surface area (Å²) in [6, 6.07) is 4.61. The minimum absolute atomic E-state index is 0.0536. The van der Waals surface area contributed by atoms with Crippen LogP contribution in [0.1, 0.15) is 80.2 Å². The van der Waals surface area contributed by atoms with Gasteiger partial charge in [0.05, 0.1) is 19.1 Å². The molecule has 192 valence electrons. The Morgan fingerprint density at radius 2 is 1.94 bits per heavy atom. The van der Waals surface area contributed by atoms with Gasteiger partial charge in [-0.1, -0.05) is 50.1 Å². The highest BCUT2D eigenvalue weighted by molar-refractivity contribution is 7.83. The van der Waals surface area contributed by atoms with E-state index in [1.54, 1.807) is 11.5 Å². The van der Waals surface area contributed by atoms with Crippen molar-refractivity contribution in [2.45, 2.75) is 68.6 Å². The summed E-state index contributed by atoms with van der Waals surface area (Å²) in [5, 5.41) is 12.7.